The lowest BCUT2D eigenvalue weighted by atomic mass is 9.89. The summed E-state index contributed by atoms with van der Waals surface area (Å²) in [7, 11) is 0. The fraction of sp³-hybridized carbons (Fsp3) is 0.333. The highest BCUT2D eigenvalue weighted by molar-refractivity contribution is 5.95. The summed E-state index contributed by atoms with van der Waals surface area (Å²) in [5.41, 5.74) is 2.97. The Morgan fingerprint density at radius 3 is 2.31 bits per heavy atom. The van der Waals surface area contributed by atoms with E-state index in [9.17, 15) is 14.0 Å². The fourth-order valence-corrected chi connectivity index (χ4v) is 4.70. The lowest BCUT2D eigenvalue weighted by molar-refractivity contribution is -0.120. The number of nitrogens with zero attached hydrogens (tertiary/aromatic N) is 4. The molecule has 2 fully saturated rings. The Kier molecular flexibility index (Phi) is 6.44. The zero-order chi connectivity index (χ0) is 24.4. The molecule has 1 N–H and O–H groups in total. The maximum atomic E-state index is 14.0. The second-order valence-corrected chi connectivity index (χ2v) is 9.29. The third kappa shape index (κ3) is 5.01. The smallest absolute Gasteiger partial charge is 0.256 e. The van der Waals surface area contributed by atoms with Crippen molar-refractivity contribution in [2.24, 2.45) is 5.92 Å². The Balaban J connectivity index is 1.10. The molecule has 5 rings (SSSR count). The largest absolute Gasteiger partial charge is 0.353 e. The molecule has 3 heterocycles. The summed E-state index contributed by atoms with van der Waals surface area (Å²) < 4.78 is 14.0. The average molecular weight is 474 g/mol. The Labute approximate surface area is 204 Å². The molecule has 2 aliphatic heterocycles. The van der Waals surface area contributed by atoms with Crippen molar-refractivity contribution in [3.63, 3.8) is 0 Å². The van der Waals surface area contributed by atoms with Crippen LogP contribution in [-0.4, -0.2) is 53.1 Å². The van der Waals surface area contributed by atoms with Gasteiger partial charge in [-0.1, -0.05) is 24.3 Å². The number of aromatic nitrogens is 2. The van der Waals surface area contributed by atoms with Crippen LogP contribution in [0.15, 0.2) is 60.7 Å². The average Bonchev–Trinajstić information content (AvgIpc) is 2.85. The van der Waals surface area contributed by atoms with Crippen LogP contribution in [0.3, 0.4) is 0 Å². The zero-order valence-corrected chi connectivity index (χ0v) is 19.7. The number of halogens is 1. The number of rotatable bonds is 5. The highest BCUT2D eigenvalue weighted by atomic mass is 19.1. The van der Waals surface area contributed by atoms with Gasteiger partial charge in [0.1, 0.15) is 5.82 Å². The van der Waals surface area contributed by atoms with Crippen LogP contribution in [0.2, 0.25) is 0 Å². The van der Waals surface area contributed by atoms with Crippen LogP contribution >= 0.6 is 0 Å². The summed E-state index contributed by atoms with van der Waals surface area (Å²) in [5.74, 6) is 0.341. The highest BCUT2D eigenvalue weighted by Crippen LogP contribution is 2.30. The lowest BCUT2D eigenvalue weighted by Crippen LogP contribution is -2.52. The SMILES string of the molecule is Cc1ccc(N2CC(C(=O)Nc3ccc(C4CCN(C(=O)c5ccccc5F)CC4)cc3)C2)nn1. The van der Waals surface area contributed by atoms with E-state index in [1.807, 2.05) is 48.2 Å². The van der Waals surface area contributed by atoms with Crippen molar-refractivity contribution >= 4 is 23.3 Å². The van der Waals surface area contributed by atoms with Crippen molar-refractivity contribution in [3.8, 4) is 0 Å². The molecule has 7 nitrogen and oxygen atoms in total. The molecular formula is C27H28FN5O2. The summed E-state index contributed by atoms with van der Waals surface area (Å²) in [4.78, 5) is 29.0. The molecule has 3 aromatic rings. The standard InChI is InChI=1S/C27H28FN5O2/c1-18-6-11-25(31-30-18)33-16-21(17-33)26(34)29-22-9-7-19(8-10-22)20-12-14-32(15-13-20)27(35)23-4-2-3-5-24(23)28/h2-11,20-21H,12-17H2,1H3,(H,29,34). The minimum absolute atomic E-state index is 0.00837. The maximum absolute atomic E-state index is 14.0. The first-order valence-corrected chi connectivity index (χ1v) is 12.0. The first-order valence-electron chi connectivity index (χ1n) is 12.0. The van der Waals surface area contributed by atoms with E-state index in [-0.39, 0.29) is 23.3 Å². The Morgan fingerprint density at radius 2 is 1.66 bits per heavy atom. The van der Waals surface area contributed by atoms with Crippen LogP contribution in [0, 0.1) is 18.7 Å². The molecule has 180 valence electrons. The number of hydrogen-bond donors (Lipinski definition) is 1. The van der Waals surface area contributed by atoms with E-state index >= 15 is 0 Å². The molecule has 0 atom stereocenters. The second-order valence-electron chi connectivity index (χ2n) is 9.29. The fourth-order valence-electron chi connectivity index (χ4n) is 4.70. The first-order chi connectivity index (χ1) is 17.0. The summed E-state index contributed by atoms with van der Waals surface area (Å²) in [6, 6.07) is 17.9. The number of hydrogen-bond acceptors (Lipinski definition) is 5. The molecule has 35 heavy (non-hydrogen) atoms. The number of carbonyl (C=O) groups is 2. The third-order valence-electron chi connectivity index (χ3n) is 6.90. The van der Waals surface area contributed by atoms with Crippen molar-refractivity contribution < 1.29 is 14.0 Å². The van der Waals surface area contributed by atoms with Crippen LogP contribution in [-0.2, 0) is 4.79 Å². The van der Waals surface area contributed by atoms with Gasteiger partial charge in [0.15, 0.2) is 5.82 Å². The van der Waals surface area contributed by atoms with E-state index in [4.69, 9.17) is 0 Å². The summed E-state index contributed by atoms with van der Waals surface area (Å²) in [6.07, 6.45) is 1.65. The monoisotopic (exact) mass is 473 g/mol. The summed E-state index contributed by atoms with van der Waals surface area (Å²) >= 11 is 0. The molecule has 0 bridgehead atoms. The van der Waals surface area contributed by atoms with E-state index < -0.39 is 5.82 Å². The molecule has 1 aromatic heterocycles. The van der Waals surface area contributed by atoms with Crippen molar-refractivity contribution in [1.82, 2.24) is 15.1 Å². The van der Waals surface area contributed by atoms with Gasteiger partial charge in [-0.15, -0.1) is 5.10 Å². The van der Waals surface area contributed by atoms with Crippen molar-refractivity contribution in [2.45, 2.75) is 25.7 Å². The zero-order valence-electron chi connectivity index (χ0n) is 19.7. The van der Waals surface area contributed by atoms with Gasteiger partial charge in [0.05, 0.1) is 17.2 Å². The van der Waals surface area contributed by atoms with Gasteiger partial charge in [-0.25, -0.2) is 4.39 Å². The molecule has 2 aliphatic rings. The number of piperidine rings is 1. The Bertz CT molecular complexity index is 1200. The van der Waals surface area contributed by atoms with Crippen LogP contribution in [0.1, 0.15) is 40.4 Å². The first kappa shape index (κ1) is 23.0. The highest BCUT2D eigenvalue weighted by Gasteiger charge is 2.33. The molecule has 2 saturated heterocycles. The number of aryl methyl sites for hydroxylation is 1. The minimum atomic E-state index is -0.476. The molecule has 2 amide bonds. The molecule has 0 aliphatic carbocycles. The number of anilines is 2. The van der Waals surface area contributed by atoms with Gasteiger partial charge in [-0.05, 0) is 67.6 Å². The lowest BCUT2D eigenvalue weighted by Gasteiger charge is -2.38. The maximum Gasteiger partial charge on any atom is 0.256 e. The molecule has 0 spiro atoms. The van der Waals surface area contributed by atoms with Crippen LogP contribution in [0.4, 0.5) is 15.9 Å². The number of likely N-dealkylation sites (tertiary alicyclic amines) is 1. The molecular weight excluding hydrogens is 445 g/mol. The third-order valence-corrected chi connectivity index (χ3v) is 6.90. The molecule has 2 aromatic carbocycles. The van der Waals surface area contributed by atoms with E-state index in [2.05, 4.69) is 15.5 Å². The van der Waals surface area contributed by atoms with Crippen molar-refractivity contribution in [3.05, 3.63) is 83.3 Å². The predicted molar refractivity (Wildman–Crippen MR) is 132 cm³/mol. The quantitative estimate of drug-likeness (QED) is 0.606. The van der Waals surface area contributed by atoms with Gasteiger partial charge in [0.25, 0.3) is 5.91 Å². The summed E-state index contributed by atoms with van der Waals surface area (Å²) in [6.45, 7) is 4.35. The van der Waals surface area contributed by atoms with Crippen LogP contribution in [0.25, 0.3) is 0 Å². The summed E-state index contributed by atoms with van der Waals surface area (Å²) in [5, 5.41) is 11.3. The molecule has 0 unspecified atom stereocenters. The van der Waals surface area contributed by atoms with Crippen molar-refractivity contribution in [1.29, 1.82) is 0 Å². The number of carbonyl (C=O) groups excluding carboxylic acids is 2. The minimum Gasteiger partial charge on any atom is -0.353 e. The normalized spacial score (nSPS) is 16.6. The van der Waals surface area contributed by atoms with E-state index in [1.165, 1.54) is 17.7 Å². The topological polar surface area (TPSA) is 78.4 Å². The van der Waals surface area contributed by atoms with E-state index in [0.717, 1.165) is 30.0 Å². The van der Waals surface area contributed by atoms with E-state index in [1.54, 1.807) is 17.0 Å². The second kappa shape index (κ2) is 9.82. The van der Waals surface area contributed by atoms with Gasteiger partial charge in [0.2, 0.25) is 5.91 Å². The molecule has 0 radical (unpaired) electrons. The van der Waals surface area contributed by atoms with Gasteiger partial charge in [0, 0.05) is 31.9 Å². The van der Waals surface area contributed by atoms with E-state index in [0.29, 0.717) is 32.1 Å². The predicted octanol–water partition coefficient (Wildman–Crippen LogP) is 4.02. The van der Waals surface area contributed by atoms with Gasteiger partial charge >= 0.3 is 0 Å². The Hall–Kier alpha value is -3.81. The van der Waals surface area contributed by atoms with Gasteiger partial charge in [-0.3, -0.25) is 9.59 Å². The van der Waals surface area contributed by atoms with Gasteiger partial charge < -0.3 is 15.1 Å². The molecule has 0 saturated carbocycles. The van der Waals surface area contributed by atoms with Crippen LogP contribution in [0.5, 0.6) is 0 Å². The molecule has 8 heteroatoms. The number of benzene rings is 2. The van der Waals surface area contributed by atoms with Crippen LogP contribution < -0.4 is 10.2 Å². The Morgan fingerprint density at radius 1 is 0.943 bits per heavy atom. The number of amides is 2. The van der Waals surface area contributed by atoms with Gasteiger partial charge in [-0.2, -0.15) is 5.10 Å². The number of nitrogens with one attached hydrogen (secondary N) is 1. The van der Waals surface area contributed by atoms with Crippen molar-refractivity contribution in [2.75, 3.05) is 36.4 Å².